The van der Waals surface area contributed by atoms with E-state index >= 15 is 0 Å². The molecular formula is C16H28N2O3. The van der Waals surface area contributed by atoms with Gasteiger partial charge in [0, 0.05) is 13.2 Å². The minimum atomic E-state index is 0.202. The molecule has 3 N–H and O–H groups in total. The third-order valence-electron chi connectivity index (χ3n) is 3.04. The summed E-state index contributed by atoms with van der Waals surface area (Å²) in [4.78, 5) is 0. The standard InChI is InChI=1S/C16H28N2O3/c1-3-5-10-20-12-17-14-8-7-9-15(19)16(14)18-13-21-11-6-4-2/h7-9,17-19H,3-6,10-13H2,1-2H3. The number of ether oxygens (including phenoxy) is 2. The molecular weight excluding hydrogens is 268 g/mol. The van der Waals surface area contributed by atoms with Crippen molar-refractivity contribution in [2.45, 2.75) is 39.5 Å². The minimum absolute atomic E-state index is 0.202. The number of para-hydroxylation sites is 1. The maximum absolute atomic E-state index is 9.94. The summed E-state index contributed by atoms with van der Waals surface area (Å²) in [6, 6.07) is 5.35. The van der Waals surface area contributed by atoms with E-state index in [1.807, 2.05) is 6.07 Å². The lowest BCUT2D eigenvalue weighted by molar-refractivity contribution is 0.147. The van der Waals surface area contributed by atoms with Crippen LogP contribution < -0.4 is 10.6 Å². The molecule has 5 heteroatoms. The monoisotopic (exact) mass is 296 g/mol. The Hall–Kier alpha value is -1.46. The number of phenols is 1. The van der Waals surface area contributed by atoms with Gasteiger partial charge >= 0.3 is 0 Å². The van der Waals surface area contributed by atoms with Crippen LogP contribution in [0.3, 0.4) is 0 Å². The average Bonchev–Trinajstić information content (AvgIpc) is 2.49. The molecule has 0 aromatic heterocycles. The third kappa shape index (κ3) is 7.20. The Morgan fingerprint density at radius 2 is 1.57 bits per heavy atom. The molecule has 120 valence electrons. The second-order valence-corrected chi connectivity index (χ2v) is 4.87. The summed E-state index contributed by atoms with van der Waals surface area (Å²) in [7, 11) is 0. The predicted molar refractivity (Wildman–Crippen MR) is 86.8 cm³/mol. The van der Waals surface area contributed by atoms with Crippen LogP contribution in [-0.4, -0.2) is 31.8 Å². The second kappa shape index (κ2) is 11.2. The summed E-state index contributed by atoms with van der Waals surface area (Å²) >= 11 is 0. The molecule has 0 atom stereocenters. The molecule has 1 aromatic rings. The van der Waals surface area contributed by atoms with Crippen LogP contribution in [0.2, 0.25) is 0 Å². The highest BCUT2D eigenvalue weighted by Gasteiger charge is 2.06. The molecule has 0 fully saturated rings. The summed E-state index contributed by atoms with van der Waals surface area (Å²) < 4.78 is 10.9. The van der Waals surface area contributed by atoms with Crippen molar-refractivity contribution >= 4 is 11.4 Å². The molecule has 0 radical (unpaired) electrons. The number of phenolic OH excluding ortho intramolecular Hbond substituents is 1. The van der Waals surface area contributed by atoms with Crippen molar-refractivity contribution in [1.29, 1.82) is 0 Å². The van der Waals surface area contributed by atoms with E-state index in [-0.39, 0.29) is 5.75 Å². The van der Waals surface area contributed by atoms with Crippen molar-refractivity contribution in [3.8, 4) is 5.75 Å². The van der Waals surface area contributed by atoms with Crippen molar-refractivity contribution < 1.29 is 14.6 Å². The summed E-state index contributed by atoms with van der Waals surface area (Å²) in [5.41, 5.74) is 1.46. The molecule has 1 aromatic carbocycles. The fourth-order valence-corrected chi connectivity index (χ4v) is 1.76. The van der Waals surface area contributed by atoms with Gasteiger partial charge in [0.1, 0.15) is 24.9 Å². The Bertz CT molecular complexity index is 386. The van der Waals surface area contributed by atoms with Gasteiger partial charge in [0.25, 0.3) is 0 Å². The minimum Gasteiger partial charge on any atom is -0.506 e. The lowest BCUT2D eigenvalue weighted by atomic mass is 10.2. The molecule has 0 bridgehead atoms. The summed E-state index contributed by atoms with van der Waals surface area (Å²) in [6.45, 7) is 6.52. The maximum atomic E-state index is 9.94. The highest BCUT2D eigenvalue weighted by molar-refractivity contribution is 5.74. The van der Waals surface area contributed by atoms with E-state index < -0.39 is 0 Å². The zero-order valence-electron chi connectivity index (χ0n) is 13.2. The van der Waals surface area contributed by atoms with Gasteiger partial charge in [0.2, 0.25) is 0 Å². The largest absolute Gasteiger partial charge is 0.506 e. The summed E-state index contributed by atoms with van der Waals surface area (Å²) in [5.74, 6) is 0.202. The molecule has 0 aliphatic heterocycles. The van der Waals surface area contributed by atoms with E-state index in [1.54, 1.807) is 12.1 Å². The molecule has 1 rings (SSSR count). The van der Waals surface area contributed by atoms with E-state index in [9.17, 15) is 5.11 Å². The van der Waals surface area contributed by atoms with Crippen molar-refractivity contribution in [1.82, 2.24) is 0 Å². The van der Waals surface area contributed by atoms with Gasteiger partial charge in [-0.1, -0.05) is 32.8 Å². The lowest BCUT2D eigenvalue weighted by Gasteiger charge is -2.15. The number of anilines is 2. The summed E-state index contributed by atoms with van der Waals surface area (Å²) in [5, 5.41) is 16.2. The topological polar surface area (TPSA) is 62.8 Å². The molecule has 0 spiro atoms. The number of rotatable bonds is 12. The predicted octanol–water partition coefficient (Wildman–Crippen LogP) is 3.76. The van der Waals surface area contributed by atoms with Gasteiger partial charge in [-0.15, -0.1) is 0 Å². The Morgan fingerprint density at radius 1 is 0.952 bits per heavy atom. The Morgan fingerprint density at radius 3 is 2.19 bits per heavy atom. The molecule has 0 aliphatic carbocycles. The number of benzene rings is 1. The van der Waals surface area contributed by atoms with Crippen LogP contribution in [0, 0.1) is 0 Å². The first-order valence-electron chi connectivity index (χ1n) is 7.74. The zero-order valence-corrected chi connectivity index (χ0v) is 13.2. The lowest BCUT2D eigenvalue weighted by Crippen LogP contribution is -2.12. The number of unbranched alkanes of at least 4 members (excludes halogenated alkanes) is 2. The number of hydrogen-bond donors (Lipinski definition) is 3. The van der Waals surface area contributed by atoms with E-state index in [1.165, 1.54) is 0 Å². The van der Waals surface area contributed by atoms with Crippen molar-refractivity contribution in [2.75, 3.05) is 37.3 Å². The van der Waals surface area contributed by atoms with Gasteiger partial charge in [-0.05, 0) is 25.0 Å². The molecule has 0 aliphatic rings. The van der Waals surface area contributed by atoms with Gasteiger partial charge in [-0.3, -0.25) is 0 Å². The van der Waals surface area contributed by atoms with E-state index in [4.69, 9.17) is 9.47 Å². The number of aromatic hydroxyl groups is 1. The fraction of sp³-hybridized carbons (Fsp3) is 0.625. The van der Waals surface area contributed by atoms with Crippen LogP contribution >= 0.6 is 0 Å². The van der Waals surface area contributed by atoms with Gasteiger partial charge in [-0.2, -0.15) is 0 Å². The molecule has 0 heterocycles. The first-order valence-corrected chi connectivity index (χ1v) is 7.74. The smallest absolute Gasteiger partial charge is 0.140 e. The van der Waals surface area contributed by atoms with Crippen molar-refractivity contribution in [2.24, 2.45) is 0 Å². The van der Waals surface area contributed by atoms with Crippen molar-refractivity contribution in [3.05, 3.63) is 18.2 Å². The molecule has 0 saturated heterocycles. The van der Waals surface area contributed by atoms with Crippen molar-refractivity contribution in [3.63, 3.8) is 0 Å². The van der Waals surface area contributed by atoms with Crippen LogP contribution in [0.25, 0.3) is 0 Å². The number of nitrogens with one attached hydrogen (secondary N) is 2. The zero-order chi connectivity index (χ0) is 15.3. The highest BCUT2D eigenvalue weighted by atomic mass is 16.5. The molecule has 0 unspecified atom stereocenters. The fourth-order valence-electron chi connectivity index (χ4n) is 1.76. The van der Waals surface area contributed by atoms with E-state index in [0.29, 0.717) is 19.1 Å². The first-order chi connectivity index (χ1) is 10.3. The maximum Gasteiger partial charge on any atom is 0.140 e. The third-order valence-corrected chi connectivity index (χ3v) is 3.04. The van der Waals surface area contributed by atoms with Gasteiger partial charge in [0.05, 0.1) is 5.69 Å². The SMILES string of the molecule is CCCCOCNc1cccc(O)c1NCOCCCC. The van der Waals surface area contributed by atoms with Crippen LogP contribution in [0.4, 0.5) is 11.4 Å². The second-order valence-electron chi connectivity index (χ2n) is 4.87. The molecule has 0 saturated carbocycles. The quantitative estimate of drug-likeness (QED) is 0.311. The van der Waals surface area contributed by atoms with E-state index in [0.717, 1.165) is 44.6 Å². The Kier molecular flexibility index (Phi) is 9.40. The Labute approximate surface area is 127 Å². The summed E-state index contributed by atoms with van der Waals surface area (Å²) in [6.07, 6.45) is 4.32. The molecule has 0 amide bonds. The number of hydrogen-bond acceptors (Lipinski definition) is 5. The van der Waals surface area contributed by atoms with Gasteiger partial charge in [0.15, 0.2) is 0 Å². The van der Waals surface area contributed by atoms with Crippen LogP contribution in [0.5, 0.6) is 5.75 Å². The van der Waals surface area contributed by atoms with Crippen LogP contribution in [0.1, 0.15) is 39.5 Å². The Balaban J connectivity index is 2.41. The first kappa shape index (κ1) is 17.6. The van der Waals surface area contributed by atoms with Gasteiger partial charge < -0.3 is 25.2 Å². The molecule has 21 heavy (non-hydrogen) atoms. The van der Waals surface area contributed by atoms with Crippen LogP contribution in [0.15, 0.2) is 18.2 Å². The van der Waals surface area contributed by atoms with E-state index in [2.05, 4.69) is 24.5 Å². The normalized spacial score (nSPS) is 10.6. The average molecular weight is 296 g/mol. The van der Waals surface area contributed by atoms with Gasteiger partial charge in [-0.25, -0.2) is 0 Å². The van der Waals surface area contributed by atoms with Crippen LogP contribution in [-0.2, 0) is 9.47 Å². The highest BCUT2D eigenvalue weighted by Crippen LogP contribution is 2.31. The molecule has 5 nitrogen and oxygen atoms in total.